The van der Waals surface area contributed by atoms with E-state index in [-0.39, 0.29) is 24.5 Å². The lowest BCUT2D eigenvalue weighted by molar-refractivity contribution is -0.133. The van der Waals surface area contributed by atoms with Crippen molar-refractivity contribution in [3.63, 3.8) is 0 Å². The van der Waals surface area contributed by atoms with Crippen molar-refractivity contribution in [3.8, 4) is 5.75 Å². The Balaban J connectivity index is 1.67. The van der Waals surface area contributed by atoms with E-state index < -0.39 is 0 Å². The Morgan fingerprint density at radius 3 is 2.27 bits per heavy atom. The van der Waals surface area contributed by atoms with Gasteiger partial charge in [0.2, 0.25) is 5.91 Å². The first-order chi connectivity index (χ1) is 12.5. The first-order valence-electron chi connectivity index (χ1n) is 8.97. The van der Waals surface area contributed by atoms with Crippen molar-refractivity contribution in [1.82, 2.24) is 9.80 Å². The van der Waals surface area contributed by atoms with Gasteiger partial charge in [0.05, 0.1) is 12.5 Å². The smallest absolute Gasteiger partial charge is 0.409 e. The zero-order valence-corrected chi connectivity index (χ0v) is 16.3. The molecular formula is C19H27ClN2O4. The van der Waals surface area contributed by atoms with E-state index >= 15 is 0 Å². The van der Waals surface area contributed by atoms with Crippen molar-refractivity contribution in [2.75, 3.05) is 45.3 Å². The van der Waals surface area contributed by atoms with E-state index in [4.69, 9.17) is 21.1 Å². The number of benzene rings is 1. The zero-order chi connectivity index (χ0) is 18.9. The monoisotopic (exact) mass is 382 g/mol. The normalized spacial score (nSPS) is 14.3. The van der Waals surface area contributed by atoms with Crippen molar-refractivity contribution in [1.29, 1.82) is 0 Å². The molecule has 1 aromatic rings. The average Bonchev–Trinajstić information content (AvgIpc) is 2.65. The van der Waals surface area contributed by atoms with Crippen molar-refractivity contribution in [2.24, 2.45) is 0 Å². The van der Waals surface area contributed by atoms with Crippen LogP contribution in [0.1, 0.15) is 24.0 Å². The number of nitrogens with zero attached hydrogens (tertiary/aromatic N) is 2. The first kappa shape index (κ1) is 20.4. The van der Waals surface area contributed by atoms with E-state index in [1.165, 1.54) is 0 Å². The van der Waals surface area contributed by atoms with E-state index in [0.717, 1.165) is 16.9 Å². The Hall–Kier alpha value is -1.95. The van der Waals surface area contributed by atoms with Crippen molar-refractivity contribution >= 4 is 23.6 Å². The van der Waals surface area contributed by atoms with E-state index in [1.54, 1.807) is 9.80 Å². The van der Waals surface area contributed by atoms with Crippen LogP contribution in [0.3, 0.4) is 0 Å². The summed E-state index contributed by atoms with van der Waals surface area (Å²) in [6, 6.07) is 6.04. The summed E-state index contributed by atoms with van der Waals surface area (Å²) >= 11 is 5.51. The predicted molar refractivity (Wildman–Crippen MR) is 101 cm³/mol. The van der Waals surface area contributed by atoms with Crippen molar-refractivity contribution in [2.45, 2.75) is 26.7 Å². The summed E-state index contributed by atoms with van der Waals surface area (Å²) in [5.41, 5.74) is 2.21. The summed E-state index contributed by atoms with van der Waals surface area (Å²) in [4.78, 5) is 27.5. The molecule has 144 valence electrons. The fourth-order valence-corrected chi connectivity index (χ4v) is 3.02. The highest BCUT2D eigenvalue weighted by Crippen LogP contribution is 2.22. The number of aryl methyl sites for hydroxylation is 2. The molecule has 0 aliphatic carbocycles. The van der Waals surface area contributed by atoms with Crippen LogP contribution in [0, 0.1) is 13.8 Å². The summed E-state index contributed by atoms with van der Waals surface area (Å²) in [6.07, 6.45) is 0.756. The summed E-state index contributed by atoms with van der Waals surface area (Å²) in [5.74, 6) is 1.29. The molecule has 0 spiro atoms. The molecule has 0 N–H and O–H groups in total. The number of halogens is 1. The minimum atomic E-state index is -0.361. The van der Waals surface area contributed by atoms with Gasteiger partial charge in [0, 0.05) is 32.6 Å². The Bertz CT molecular complexity index is 595. The highest BCUT2D eigenvalue weighted by molar-refractivity contribution is 6.18. The molecule has 0 saturated carbocycles. The third-order valence-electron chi connectivity index (χ3n) is 4.38. The molecule has 0 atom stereocenters. The Kier molecular flexibility index (Phi) is 8.04. The van der Waals surface area contributed by atoms with E-state index in [0.29, 0.717) is 45.6 Å². The van der Waals surface area contributed by atoms with Gasteiger partial charge in [0.1, 0.15) is 12.4 Å². The second kappa shape index (κ2) is 10.3. The lowest BCUT2D eigenvalue weighted by Gasteiger charge is -2.34. The lowest BCUT2D eigenvalue weighted by atomic mass is 10.1. The number of amides is 2. The summed E-state index contributed by atoms with van der Waals surface area (Å²) < 4.78 is 10.8. The minimum Gasteiger partial charge on any atom is -0.493 e. The molecular weight excluding hydrogens is 356 g/mol. The second-order valence-electron chi connectivity index (χ2n) is 6.34. The summed E-state index contributed by atoms with van der Waals surface area (Å²) in [6.45, 7) is 6.81. The Morgan fingerprint density at radius 1 is 1.04 bits per heavy atom. The average molecular weight is 383 g/mol. The lowest BCUT2D eigenvalue weighted by Crippen LogP contribution is -2.50. The van der Waals surface area contributed by atoms with Crippen LogP contribution in [0.2, 0.25) is 0 Å². The van der Waals surface area contributed by atoms with Gasteiger partial charge in [-0.05, 0) is 31.4 Å². The van der Waals surface area contributed by atoms with Crippen LogP contribution in [0.15, 0.2) is 18.2 Å². The van der Waals surface area contributed by atoms with Gasteiger partial charge in [-0.15, -0.1) is 11.6 Å². The van der Waals surface area contributed by atoms with Crippen LogP contribution < -0.4 is 4.74 Å². The van der Waals surface area contributed by atoms with E-state index in [1.807, 2.05) is 32.0 Å². The second-order valence-corrected chi connectivity index (χ2v) is 6.72. The van der Waals surface area contributed by atoms with Gasteiger partial charge in [-0.25, -0.2) is 4.79 Å². The molecule has 7 heteroatoms. The zero-order valence-electron chi connectivity index (χ0n) is 15.5. The van der Waals surface area contributed by atoms with Crippen LogP contribution in [0.25, 0.3) is 0 Å². The van der Waals surface area contributed by atoms with Crippen molar-refractivity contribution in [3.05, 3.63) is 29.3 Å². The number of alkyl halides is 1. The fraction of sp³-hybridized carbons (Fsp3) is 0.579. The van der Waals surface area contributed by atoms with Crippen molar-refractivity contribution < 1.29 is 19.1 Å². The SMILES string of the molecule is Cc1cccc(C)c1OCCCC(=O)N1CCN(C(=O)OCCCl)CC1. The van der Waals surface area contributed by atoms with Gasteiger partial charge in [0.25, 0.3) is 0 Å². The van der Waals surface area contributed by atoms with Gasteiger partial charge in [-0.1, -0.05) is 18.2 Å². The molecule has 0 bridgehead atoms. The molecule has 6 nitrogen and oxygen atoms in total. The molecule has 1 saturated heterocycles. The van der Waals surface area contributed by atoms with E-state index in [9.17, 15) is 9.59 Å². The number of carbonyl (C=O) groups is 2. The quantitative estimate of drug-likeness (QED) is 0.537. The number of ether oxygens (including phenoxy) is 2. The third kappa shape index (κ3) is 5.80. The summed E-state index contributed by atoms with van der Waals surface area (Å²) in [7, 11) is 0. The van der Waals surface area contributed by atoms with Crippen LogP contribution in [-0.2, 0) is 9.53 Å². The minimum absolute atomic E-state index is 0.101. The highest BCUT2D eigenvalue weighted by atomic mass is 35.5. The number of hydrogen-bond donors (Lipinski definition) is 0. The largest absolute Gasteiger partial charge is 0.493 e. The van der Waals surface area contributed by atoms with Gasteiger partial charge < -0.3 is 19.3 Å². The standard InChI is InChI=1S/C19H27ClN2O4/c1-15-5-3-6-16(2)18(15)25-13-4-7-17(23)21-9-11-22(12-10-21)19(24)26-14-8-20/h3,5-6H,4,7-14H2,1-2H3. The third-order valence-corrected chi connectivity index (χ3v) is 4.54. The molecule has 1 heterocycles. The van der Waals surface area contributed by atoms with E-state index in [2.05, 4.69) is 0 Å². The van der Waals surface area contributed by atoms with Crippen LogP contribution in [0.4, 0.5) is 4.79 Å². The molecule has 1 aromatic carbocycles. The van der Waals surface area contributed by atoms with Crippen LogP contribution in [0.5, 0.6) is 5.75 Å². The number of carbonyl (C=O) groups excluding carboxylic acids is 2. The number of rotatable bonds is 7. The van der Waals surface area contributed by atoms with Crippen LogP contribution in [-0.4, -0.2) is 67.1 Å². The number of para-hydroxylation sites is 1. The molecule has 2 rings (SSSR count). The molecule has 2 amide bonds. The molecule has 1 aliphatic rings. The molecule has 0 aromatic heterocycles. The molecule has 26 heavy (non-hydrogen) atoms. The number of hydrogen-bond acceptors (Lipinski definition) is 4. The maximum absolute atomic E-state index is 12.3. The first-order valence-corrected chi connectivity index (χ1v) is 9.51. The molecule has 1 aliphatic heterocycles. The Labute approximate surface area is 160 Å². The fourth-order valence-electron chi connectivity index (χ4n) is 2.94. The predicted octanol–water partition coefficient (Wildman–Crippen LogP) is 2.98. The summed E-state index contributed by atoms with van der Waals surface area (Å²) in [5, 5.41) is 0. The molecule has 1 fully saturated rings. The Morgan fingerprint density at radius 2 is 1.65 bits per heavy atom. The van der Waals surface area contributed by atoms with Gasteiger partial charge in [-0.2, -0.15) is 0 Å². The molecule has 0 unspecified atom stereocenters. The topological polar surface area (TPSA) is 59.1 Å². The highest BCUT2D eigenvalue weighted by Gasteiger charge is 2.24. The van der Waals surface area contributed by atoms with Gasteiger partial charge in [-0.3, -0.25) is 4.79 Å². The van der Waals surface area contributed by atoms with Gasteiger partial charge in [0.15, 0.2) is 0 Å². The molecule has 0 radical (unpaired) electrons. The number of piperazine rings is 1. The maximum Gasteiger partial charge on any atom is 0.409 e. The van der Waals surface area contributed by atoms with Crippen LogP contribution >= 0.6 is 11.6 Å². The maximum atomic E-state index is 12.3. The van der Waals surface area contributed by atoms with Gasteiger partial charge >= 0.3 is 6.09 Å².